The van der Waals surface area contributed by atoms with Gasteiger partial charge in [-0.05, 0) is 18.4 Å². The van der Waals surface area contributed by atoms with Gasteiger partial charge in [0.2, 0.25) is 16.9 Å². The van der Waals surface area contributed by atoms with E-state index >= 15 is 0 Å². The number of carbonyl (C=O) groups excluding carboxylic acids is 2. The lowest BCUT2D eigenvalue weighted by Crippen LogP contribution is -2.28. The van der Waals surface area contributed by atoms with Gasteiger partial charge in [-0.1, -0.05) is 47.7 Å². The molecule has 0 bridgehead atoms. The van der Waals surface area contributed by atoms with E-state index in [4.69, 9.17) is 0 Å². The molecular formula is C18H16N4O2S. The molecule has 2 aromatic carbocycles. The van der Waals surface area contributed by atoms with E-state index in [0.29, 0.717) is 11.7 Å². The van der Waals surface area contributed by atoms with Crippen molar-refractivity contribution in [3.8, 4) is 0 Å². The third-order valence-corrected chi connectivity index (χ3v) is 5.06. The number of aromatic nitrogens is 2. The van der Waals surface area contributed by atoms with Crippen molar-refractivity contribution in [3.05, 3.63) is 47.5 Å². The van der Waals surface area contributed by atoms with Gasteiger partial charge in [-0.2, -0.15) is 0 Å². The zero-order valence-corrected chi connectivity index (χ0v) is 14.4. The molecule has 1 atom stereocenters. The fraction of sp³-hybridized carbons (Fsp3) is 0.222. The number of fused-ring (bicyclic) bond motifs is 1. The van der Waals surface area contributed by atoms with Gasteiger partial charge in [0.05, 0.1) is 11.6 Å². The minimum Gasteiger partial charge on any atom is -0.311 e. The quantitative estimate of drug-likeness (QED) is 0.786. The maximum absolute atomic E-state index is 12.5. The molecule has 0 aliphatic carbocycles. The van der Waals surface area contributed by atoms with E-state index in [2.05, 4.69) is 15.5 Å². The molecule has 1 fully saturated rings. The van der Waals surface area contributed by atoms with E-state index in [1.165, 1.54) is 11.3 Å². The fourth-order valence-corrected chi connectivity index (χ4v) is 3.71. The van der Waals surface area contributed by atoms with Crippen LogP contribution < -0.4 is 10.2 Å². The van der Waals surface area contributed by atoms with Crippen LogP contribution in [0.4, 0.5) is 10.8 Å². The van der Waals surface area contributed by atoms with Crippen LogP contribution in [0.1, 0.15) is 11.4 Å². The Balaban J connectivity index is 1.56. The van der Waals surface area contributed by atoms with Gasteiger partial charge in [0, 0.05) is 18.4 Å². The van der Waals surface area contributed by atoms with Crippen LogP contribution in [0, 0.1) is 12.8 Å². The molecule has 1 aliphatic heterocycles. The fourth-order valence-electron chi connectivity index (χ4n) is 3.11. The first kappa shape index (κ1) is 15.7. The molecule has 3 aromatic rings. The summed E-state index contributed by atoms with van der Waals surface area (Å²) in [5.41, 5.74) is 0.852. The zero-order valence-electron chi connectivity index (χ0n) is 13.6. The van der Waals surface area contributed by atoms with Gasteiger partial charge < -0.3 is 10.2 Å². The molecule has 1 saturated heterocycles. The molecule has 25 heavy (non-hydrogen) atoms. The molecule has 4 rings (SSSR count). The molecule has 1 aliphatic rings. The summed E-state index contributed by atoms with van der Waals surface area (Å²) in [5.74, 6) is -0.618. The maximum atomic E-state index is 12.5. The molecule has 1 aromatic heterocycles. The van der Waals surface area contributed by atoms with Crippen molar-refractivity contribution < 1.29 is 9.59 Å². The number of aryl methyl sites for hydroxylation is 1. The summed E-state index contributed by atoms with van der Waals surface area (Å²) in [6.45, 7) is 2.20. The summed E-state index contributed by atoms with van der Waals surface area (Å²) in [7, 11) is 0. The van der Waals surface area contributed by atoms with Crippen LogP contribution in [0.2, 0.25) is 0 Å². The number of carbonyl (C=O) groups is 2. The van der Waals surface area contributed by atoms with Crippen LogP contribution in [-0.4, -0.2) is 28.6 Å². The minimum atomic E-state index is -0.393. The lowest BCUT2D eigenvalue weighted by atomic mass is 10.1. The highest BCUT2D eigenvalue weighted by molar-refractivity contribution is 7.15. The second-order valence-corrected chi connectivity index (χ2v) is 7.20. The zero-order chi connectivity index (χ0) is 17.4. The molecule has 1 unspecified atom stereocenters. The lowest BCUT2D eigenvalue weighted by Gasteiger charge is -2.18. The largest absolute Gasteiger partial charge is 0.311 e. The predicted octanol–water partition coefficient (Wildman–Crippen LogP) is 2.99. The molecule has 7 heteroatoms. The van der Waals surface area contributed by atoms with Crippen molar-refractivity contribution in [2.75, 3.05) is 16.8 Å². The molecular weight excluding hydrogens is 336 g/mol. The molecule has 0 spiro atoms. The van der Waals surface area contributed by atoms with Crippen molar-refractivity contribution in [2.45, 2.75) is 13.3 Å². The van der Waals surface area contributed by atoms with Gasteiger partial charge in [0.15, 0.2) is 0 Å². The molecule has 6 nitrogen and oxygen atoms in total. The van der Waals surface area contributed by atoms with Gasteiger partial charge >= 0.3 is 0 Å². The average molecular weight is 352 g/mol. The van der Waals surface area contributed by atoms with Gasteiger partial charge in [0.25, 0.3) is 0 Å². The van der Waals surface area contributed by atoms with Crippen LogP contribution in [0.5, 0.6) is 0 Å². The smallest absolute Gasteiger partial charge is 0.231 e. The van der Waals surface area contributed by atoms with Gasteiger partial charge in [-0.3, -0.25) is 9.59 Å². The van der Waals surface area contributed by atoms with Crippen molar-refractivity contribution in [1.82, 2.24) is 10.2 Å². The summed E-state index contributed by atoms with van der Waals surface area (Å²) < 4.78 is 0. The van der Waals surface area contributed by atoms with Crippen molar-refractivity contribution in [3.63, 3.8) is 0 Å². The number of rotatable bonds is 3. The van der Waals surface area contributed by atoms with Gasteiger partial charge in [-0.25, -0.2) is 0 Å². The Labute approximate surface area is 148 Å². The third-order valence-electron chi connectivity index (χ3n) is 4.31. The van der Waals surface area contributed by atoms with E-state index in [-0.39, 0.29) is 18.2 Å². The Morgan fingerprint density at radius 3 is 2.80 bits per heavy atom. The van der Waals surface area contributed by atoms with Crippen molar-refractivity contribution in [2.24, 2.45) is 5.92 Å². The van der Waals surface area contributed by atoms with Crippen LogP contribution in [0.15, 0.2) is 42.5 Å². The summed E-state index contributed by atoms with van der Waals surface area (Å²) >= 11 is 1.32. The van der Waals surface area contributed by atoms with Crippen molar-refractivity contribution >= 4 is 44.7 Å². The van der Waals surface area contributed by atoms with Crippen LogP contribution in [0.3, 0.4) is 0 Å². The highest BCUT2D eigenvalue weighted by atomic mass is 32.1. The van der Waals surface area contributed by atoms with Crippen LogP contribution in [0.25, 0.3) is 10.8 Å². The first-order chi connectivity index (χ1) is 12.1. The standard InChI is InChI=1S/C18H16N4O2S/c1-11-20-21-18(25-11)19-17(24)13-9-16(23)22(10-13)15-8-4-6-12-5-2-3-7-14(12)15/h2-8,13H,9-10H2,1H3,(H,19,21,24). The average Bonchev–Trinajstić information content (AvgIpc) is 3.20. The number of hydrogen-bond acceptors (Lipinski definition) is 5. The van der Waals surface area contributed by atoms with E-state index in [1.807, 2.05) is 49.4 Å². The summed E-state index contributed by atoms with van der Waals surface area (Å²) in [6.07, 6.45) is 0.201. The Morgan fingerprint density at radius 2 is 2.00 bits per heavy atom. The van der Waals surface area contributed by atoms with Gasteiger partial charge in [0.1, 0.15) is 5.01 Å². The molecule has 2 amide bonds. The highest BCUT2D eigenvalue weighted by Crippen LogP contribution is 2.32. The SMILES string of the molecule is Cc1nnc(NC(=O)C2CC(=O)N(c3cccc4ccccc34)C2)s1. The molecule has 1 N–H and O–H groups in total. The minimum absolute atomic E-state index is 0.0371. The Kier molecular flexibility index (Phi) is 3.93. The van der Waals surface area contributed by atoms with Crippen LogP contribution >= 0.6 is 11.3 Å². The van der Waals surface area contributed by atoms with E-state index in [0.717, 1.165) is 21.5 Å². The number of amides is 2. The summed E-state index contributed by atoms with van der Waals surface area (Å²) in [6, 6.07) is 13.8. The Morgan fingerprint density at radius 1 is 1.20 bits per heavy atom. The lowest BCUT2D eigenvalue weighted by molar-refractivity contribution is -0.122. The first-order valence-electron chi connectivity index (χ1n) is 8.01. The second kappa shape index (κ2) is 6.25. The molecule has 126 valence electrons. The van der Waals surface area contributed by atoms with Crippen LogP contribution in [-0.2, 0) is 9.59 Å². The van der Waals surface area contributed by atoms with Crippen molar-refractivity contribution in [1.29, 1.82) is 0 Å². The van der Waals surface area contributed by atoms with E-state index < -0.39 is 5.92 Å². The monoisotopic (exact) mass is 352 g/mol. The number of benzene rings is 2. The topological polar surface area (TPSA) is 75.2 Å². The first-order valence-corrected chi connectivity index (χ1v) is 8.82. The molecule has 0 radical (unpaired) electrons. The highest BCUT2D eigenvalue weighted by Gasteiger charge is 2.36. The van der Waals surface area contributed by atoms with Gasteiger partial charge in [-0.15, -0.1) is 10.2 Å². The number of nitrogens with one attached hydrogen (secondary N) is 1. The normalized spacial score (nSPS) is 17.2. The third kappa shape index (κ3) is 2.98. The number of hydrogen-bond donors (Lipinski definition) is 1. The Hall–Kier alpha value is -2.80. The summed E-state index contributed by atoms with van der Waals surface area (Å²) in [4.78, 5) is 26.7. The second-order valence-electron chi connectivity index (χ2n) is 6.02. The molecule has 0 saturated carbocycles. The summed E-state index contributed by atoms with van der Waals surface area (Å²) in [5, 5.41) is 13.9. The van der Waals surface area contributed by atoms with E-state index in [1.54, 1.807) is 4.90 Å². The maximum Gasteiger partial charge on any atom is 0.231 e. The molecule has 2 heterocycles. The number of anilines is 2. The predicted molar refractivity (Wildman–Crippen MR) is 97.7 cm³/mol. The number of nitrogens with zero attached hydrogens (tertiary/aromatic N) is 3. The van der Waals surface area contributed by atoms with E-state index in [9.17, 15) is 9.59 Å². The Bertz CT molecular complexity index is 963.